The number of nitrogens with one attached hydrogen (secondary N) is 2. The van der Waals surface area contributed by atoms with Gasteiger partial charge in [-0.3, -0.25) is 4.99 Å². The van der Waals surface area contributed by atoms with Crippen LogP contribution in [0.2, 0.25) is 0 Å². The lowest BCUT2D eigenvalue weighted by molar-refractivity contribution is 0.323. The number of aryl methyl sites for hydroxylation is 2. The molecule has 0 amide bonds. The highest BCUT2D eigenvalue weighted by Gasteiger charge is 2.18. The number of benzene rings is 1. The Bertz CT molecular complexity index is 690. The first kappa shape index (κ1) is 20.9. The molecule has 6 heteroatoms. The van der Waals surface area contributed by atoms with Crippen molar-refractivity contribution in [2.45, 2.75) is 53.0 Å². The van der Waals surface area contributed by atoms with E-state index >= 15 is 0 Å². The summed E-state index contributed by atoms with van der Waals surface area (Å²) in [6, 6.07) is 10.7. The number of nitrogens with zero attached hydrogens (tertiary/aromatic N) is 4. The van der Waals surface area contributed by atoms with Gasteiger partial charge in [0.2, 0.25) is 0 Å². The van der Waals surface area contributed by atoms with Crippen LogP contribution in [0, 0.1) is 5.41 Å². The lowest BCUT2D eigenvalue weighted by atomic mass is 9.86. The van der Waals surface area contributed by atoms with Crippen molar-refractivity contribution in [3.05, 3.63) is 48.0 Å². The molecule has 0 atom stereocenters. The molecular formula is C21H34N6. The zero-order chi connectivity index (χ0) is 19.5. The van der Waals surface area contributed by atoms with E-state index in [0.29, 0.717) is 0 Å². The van der Waals surface area contributed by atoms with Gasteiger partial charge in [-0.2, -0.15) is 0 Å². The molecule has 0 aliphatic rings. The molecule has 0 aliphatic carbocycles. The summed E-state index contributed by atoms with van der Waals surface area (Å²) in [5.41, 5.74) is 1.63. The molecule has 0 fully saturated rings. The van der Waals surface area contributed by atoms with E-state index in [1.54, 1.807) is 6.33 Å². The average Bonchev–Trinajstić information content (AvgIpc) is 3.12. The molecule has 0 aliphatic heterocycles. The third-order valence-electron chi connectivity index (χ3n) is 4.78. The average molecular weight is 371 g/mol. The number of aromatic nitrogens is 3. The summed E-state index contributed by atoms with van der Waals surface area (Å²) in [7, 11) is 1.81. The molecule has 2 N–H and O–H groups in total. The van der Waals surface area contributed by atoms with Gasteiger partial charge < -0.3 is 15.2 Å². The largest absolute Gasteiger partial charge is 0.356 e. The minimum Gasteiger partial charge on any atom is -0.356 e. The Morgan fingerprint density at radius 1 is 1.19 bits per heavy atom. The number of guanidine groups is 1. The Morgan fingerprint density at radius 2 is 1.96 bits per heavy atom. The third kappa shape index (κ3) is 7.41. The highest BCUT2D eigenvalue weighted by Crippen LogP contribution is 2.22. The van der Waals surface area contributed by atoms with Gasteiger partial charge in [0.25, 0.3) is 0 Å². The molecule has 0 spiro atoms. The molecule has 1 heterocycles. The molecule has 0 radical (unpaired) electrons. The molecule has 2 rings (SSSR count). The lowest BCUT2D eigenvalue weighted by Gasteiger charge is -2.26. The fourth-order valence-electron chi connectivity index (χ4n) is 3.08. The summed E-state index contributed by atoms with van der Waals surface area (Å²) in [6.07, 6.45) is 6.18. The third-order valence-corrected chi connectivity index (χ3v) is 4.78. The number of aliphatic imine (C=N–C) groups is 1. The first-order valence-corrected chi connectivity index (χ1v) is 9.89. The smallest absolute Gasteiger partial charge is 0.191 e. The summed E-state index contributed by atoms with van der Waals surface area (Å²) in [4.78, 5) is 4.33. The quantitative estimate of drug-likeness (QED) is 0.498. The van der Waals surface area contributed by atoms with Gasteiger partial charge in [0.1, 0.15) is 12.2 Å². The van der Waals surface area contributed by atoms with Crippen LogP contribution in [0.1, 0.15) is 45.0 Å². The standard InChI is InChI=1S/C21H34N6/c1-5-19-26-25-17-27(19)15-14-23-20(22-4)24-16-21(2,3)13-9-12-18-10-7-6-8-11-18/h6-8,10-11,17H,5,9,12-16H2,1-4H3,(H2,22,23,24). The van der Waals surface area contributed by atoms with Crippen molar-refractivity contribution in [1.29, 1.82) is 0 Å². The van der Waals surface area contributed by atoms with E-state index < -0.39 is 0 Å². The molecule has 27 heavy (non-hydrogen) atoms. The lowest BCUT2D eigenvalue weighted by Crippen LogP contribution is -2.43. The highest BCUT2D eigenvalue weighted by molar-refractivity contribution is 5.79. The minimum absolute atomic E-state index is 0.218. The summed E-state index contributed by atoms with van der Waals surface area (Å²) < 4.78 is 2.08. The van der Waals surface area contributed by atoms with Crippen LogP contribution in [0.5, 0.6) is 0 Å². The van der Waals surface area contributed by atoms with Crippen molar-refractivity contribution >= 4 is 5.96 Å². The fourth-order valence-corrected chi connectivity index (χ4v) is 3.08. The normalized spacial score (nSPS) is 12.2. The Balaban J connectivity index is 1.68. The Kier molecular flexibility index (Phi) is 8.30. The summed E-state index contributed by atoms with van der Waals surface area (Å²) in [6.45, 7) is 9.23. The topological polar surface area (TPSA) is 67.1 Å². The van der Waals surface area contributed by atoms with Gasteiger partial charge in [-0.15, -0.1) is 10.2 Å². The van der Waals surface area contributed by atoms with Crippen LogP contribution in [-0.4, -0.2) is 40.9 Å². The highest BCUT2D eigenvalue weighted by atomic mass is 15.3. The van der Waals surface area contributed by atoms with E-state index in [9.17, 15) is 0 Å². The maximum absolute atomic E-state index is 4.33. The van der Waals surface area contributed by atoms with Gasteiger partial charge in [0.05, 0.1) is 0 Å². The number of hydrogen-bond acceptors (Lipinski definition) is 3. The molecule has 148 valence electrons. The molecular weight excluding hydrogens is 336 g/mol. The predicted octanol–water partition coefficient (Wildman–Crippen LogP) is 3.05. The van der Waals surface area contributed by atoms with Crippen molar-refractivity contribution in [3.8, 4) is 0 Å². The van der Waals surface area contributed by atoms with Gasteiger partial charge in [-0.25, -0.2) is 0 Å². The Hall–Kier alpha value is -2.37. The van der Waals surface area contributed by atoms with Gasteiger partial charge in [0, 0.05) is 33.1 Å². The van der Waals surface area contributed by atoms with E-state index in [1.165, 1.54) is 18.4 Å². The predicted molar refractivity (Wildman–Crippen MR) is 112 cm³/mol. The molecule has 0 bridgehead atoms. The van der Waals surface area contributed by atoms with Crippen LogP contribution in [-0.2, 0) is 19.4 Å². The van der Waals surface area contributed by atoms with Gasteiger partial charge in [0.15, 0.2) is 5.96 Å². The van der Waals surface area contributed by atoms with Crippen LogP contribution < -0.4 is 10.6 Å². The zero-order valence-corrected chi connectivity index (χ0v) is 17.2. The summed E-state index contributed by atoms with van der Waals surface area (Å²) in [5.74, 6) is 1.86. The van der Waals surface area contributed by atoms with Crippen LogP contribution in [0.15, 0.2) is 41.7 Å². The van der Waals surface area contributed by atoms with E-state index in [0.717, 1.165) is 44.3 Å². The van der Waals surface area contributed by atoms with Crippen molar-refractivity contribution in [2.24, 2.45) is 10.4 Å². The second-order valence-corrected chi connectivity index (χ2v) is 7.65. The Labute approximate surface area is 163 Å². The fraction of sp³-hybridized carbons (Fsp3) is 0.571. The zero-order valence-electron chi connectivity index (χ0n) is 17.2. The SMILES string of the molecule is CCc1nncn1CCNC(=NC)NCC(C)(C)CCCc1ccccc1. The van der Waals surface area contributed by atoms with Gasteiger partial charge in [-0.1, -0.05) is 51.1 Å². The van der Waals surface area contributed by atoms with Gasteiger partial charge >= 0.3 is 0 Å². The summed E-state index contributed by atoms with van der Waals surface area (Å²) in [5, 5.41) is 14.9. The van der Waals surface area contributed by atoms with E-state index in [1.807, 2.05) is 7.05 Å². The number of hydrogen-bond donors (Lipinski definition) is 2. The Morgan fingerprint density at radius 3 is 2.67 bits per heavy atom. The molecule has 6 nitrogen and oxygen atoms in total. The maximum atomic E-state index is 4.33. The van der Waals surface area contributed by atoms with E-state index in [4.69, 9.17) is 0 Å². The summed E-state index contributed by atoms with van der Waals surface area (Å²) >= 11 is 0. The van der Waals surface area contributed by atoms with Gasteiger partial charge in [-0.05, 0) is 30.2 Å². The van der Waals surface area contributed by atoms with E-state index in [-0.39, 0.29) is 5.41 Å². The van der Waals surface area contributed by atoms with Crippen molar-refractivity contribution in [2.75, 3.05) is 20.1 Å². The second kappa shape index (κ2) is 10.7. The van der Waals surface area contributed by atoms with E-state index in [2.05, 4.69) is 81.5 Å². The molecule has 1 aromatic heterocycles. The first-order valence-electron chi connectivity index (χ1n) is 9.89. The second-order valence-electron chi connectivity index (χ2n) is 7.65. The molecule has 0 saturated carbocycles. The van der Waals surface area contributed by atoms with Crippen LogP contribution in [0.25, 0.3) is 0 Å². The van der Waals surface area contributed by atoms with Crippen LogP contribution in [0.3, 0.4) is 0 Å². The maximum Gasteiger partial charge on any atom is 0.191 e. The van der Waals surface area contributed by atoms with Crippen molar-refractivity contribution < 1.29 is 0 Å². The van der Waals surface area contributed by atoms with Crippen molar-refractivity contribution in [1.82, 2.24) is 25.4 Å². The van der Waals surface area contributed by atoms with Crippen LogP contribution in [0.4, 0.5) is 0 Å². The number of rotatable bonds is 10. The minimum atomic E-state index is 0.218. The molecule has 0 unspecified atom stereocenters. The monoisotopic (exact) mass is 370 g/mol. The molecule has 1 aromatic carbocycles. The molecule has 0 saturated heterocycles. The van der Waals surface area contributed by atoms with Crippen molar-refractivity contribution in [3.63, 3.8) is 0 Å². The van der Waals surface area contributed by atoms with Crippen LogP contribution >= 0.6 is 0 Å². The molecule has 2 aromatic rings. The first-order chi connectivity index (χ1) is 13.0.